The first-order chi connectivity index (χ1) is 14.6. The fourth-order valence-electron chi connectivity index (χ4n) is 2.73. The van der Waals surface area contributed by atoms with E-state index in [1.165, 1.54) is 0 Å². The van der Waals surface area contributed by atoms with E-state index >= 15 is 0 Å². The molecule has 10 heteroatoms. The Hall–Kier alpha value is -3.40. The summed E-state index contributed by atoms with van der Waals surface area (Å²) in [5.41, 5.74) is 1.86. The summed E-state index contributed by atoms with van der Waals surface area (Å²) in [4.78, 5) is 13.5. The molecule has 3 aromatic rings. The number of nitrogens with one attached hydrogen (secondary N) is 3. The number of fused-ring (bicyclic) bond motifs is 1. The van der Waals surface area contributed by atoms with Crippen LogP contribution in [-0.2, 0) is 0 Å². The number of rotatable bonds is 8. The fraction of sp³-hybridized carbons (Fsp3) is 0.300. The number of methoxy groups -OCH3 is 3. The van der Waals surface area contributed by atoms with E-state index in [-0.39, 0.29) is 0 Å². The number of aromatic nitrogens is 3. The first-order valence-corrected chi connectivity index (χ1v) is 9.74. The van der Waals surface area contributed by atoms with Gasteiger partial charge in [-0.1, -0.05) is 6.92 Å². The van der Waals surface area contributed by atoms with Gasteiger partial charge in [0.25, 0.3) is 0 Å². The molecule has 2 aromatic heterocycles. The van der Waals surface area contributed by atoms with Crippen LogP contribution < -0.4 is 30.2 Å². The first kappa shape index (κ1) is 21.3. The highest BCUT2D eigenvalue weighted by atomic mass is 32.1. The molecule has 2 heterocycles. The van der Waals surface area contributed by atoms with Crippen LogP contribution >= 0.6 is 12.2 Å². The van der Waals surface area contributed by atoms with Gasteiger partial charge in [0, 0.05) is 24.4 Å². The van der Waals surface area contributed by atoms with Gasteiger partial charge in [-0.25, -0.2) is 15.0 Å². The molecule has 0 bridgehead atoms. The molecule has 9 nitrogen and oxygen atoms in total. The largest absolute Gasteiger partial charge is 0.493 e. The summed E-state index contributed by atoms with van der Waals surface area (Å²) in [6.45, 7) is 2.87. The summed E-state index contributed by atoms with van der Waals surface area (Å²) in [5.74, 6) is 2.69. The fourth-order valence-corrected chi connectivity index (χ4v) is 2.93. The number of benzene rings is 1. The maximum Gasteiger partial charge on any atom is 0.203 e. The van der Waals surface area contributed by atoms with Crippen molar-refractivity contribution < 1.29 is 14.2 Å². The molecule has 0 atom stereocenters. The Balaban J connectivity index is 1.85. The Bertz CT molecular complexity index is 1020. The van der Waals surface area contributed by atoms with E-state index in [0.29, 0.717) is 50.8 Å². The predicted octanol–water partition coefficient (Wildman–Crippen LogP) is 3.49. The quantitative estimate of drug-likeness (QED) is 0.462. The van der Waals surface area contributed by atoms with Gasteiger partial charge in [0.15, 0.2) is 28.1 Å². The van der Waals surface area contributed by atoms with Gasteiger partial charge in [0.2, 0.25) is 5.75 Å². The third-order valence-corrected chi connectivity index (χ3v) is 4.37. The van der Waals surface area contributed by atoms with Gasteiger partial charge in [0.05, 0.1) is 27.5 Å². The van der Waals surface area contributed by atoms with E-state index in [1.54, 1.807) is 39.7 Å². The molecule has 30 heavy (non-hydrogen) atoms. The zero-order chi connectivity index (χ0) is 21.5. The standard InChI is InChI=1S/C20H24N6O3S/c1-5-8-21-20(30)26-16-7-6-13-19(24-16)25-17(11-22-13)23-12-9-14(27-2)18(29-4)15(10-12)28-3/h6-7,9-11H,5,8H2,1-4H3,(H3,21,23,24,25,26,30). The van der Waals surface area contributed by atoms with Crippen LogP contribution in [0.15, 0.2) is 30.5 Å². The highest BCUT2D eigenvalue weighted by Gasteiger charge is 2.14. The van der Waals surface area contributed by atoms with Crippen molar-refractivity contribution in [2.75, 3.05) is 38.5 Å². The summed E-state index contributed by atoms with van der Waals surface area (Å²) in [7, 11) is 4.69. The maximum absolute atomic E-state index is 5.39. The van der Waals surface area contributed by atoms with Gasteiger partial charge in [-0.05, 0) is 30.8 Å². The predicted molar refractivity (Wildman–Crippen MR) is 121 cm³/mol. The number of hydrogen-bond donors (Lipinski definition) is 3. The molecule has 0 aliphatic rings. The zero-order valence-electron chi connectivity index (χ0n) is 17.3. The normalized spacial score (nSPS) is 10.4. The summed E-state index contributed by atoms with van der Waals surface area (Å²) in [6, 6.07) is 7.22. The summed E-state index contributed by atoms with van der Waals surface area (Å²) < 4.78 is 16.1. The lowest BCUT2D eigenvalue weighted by atomic mass is 10.2. The number of thiocarbonyl (C=S) groups is 1. The van der Waals surface area contributed by atoms with Gasteiger partial charge in [-0.3, -0.25) is 0 Å². The van der Waals surface area contributed by atoms with Crippen molar-refractivity contribution in [1.82, 2.24) is 20.3 Å². The summed E-state index contributed by atoms with van der Waals surface area (Å²) in [5, 5.41) is 9.87. The monoisotopic (exact) mass is 428 g/mol. The average molecular weight is 429 g/mol. The van der Waals surface area contributed by atoms with Crippen LogP contribution in [0.25, 0.3) is 11.2 Å². The van der Waals surface area contributed by atoms with Crippen LogP contribution in [0.5, 0.6) is 17.2 Å². The SMILES string of the molecule is CCCNC(=S)Nc1ccc2ncc(Nc3cc(OC)c(OC)c(OC)c3)nc2n1. The van der Waals surface area contributed by atoms with E-state index in [0.717, 1.165) is 13.0 Å². The summed E-state index contributed by atoms with van der Waals surface area (Å²) >= 11 is 5.26. The lowest BCUT2D eigenvalue weighted by Gasteiger charge is -2.15. The Morgan fingerprint density at radius 3 is 2.33 bits per heavy atom. The van der Waals surface area contributed by atoms with E-state index in [2.05, 4.69) is 37.8 Å². The third-order valence-electron chi connectivity index (χ3n) is 4.12. The van der Waals surface area contributed by atoms with Crippen LogP contribution in [0, 0.1) is 0 Å². The van der Waals surface area contributed by atoms with Crippen molar-refractivity contribution in [2.45, 2.75) is 13.3 Å². The minimum Gasteiger partial charge on any atom is -0.493 e. The van der Waals surface area contributed by atoms with E-state index < -0.39 is 0 Å². The molecular weight excluding hydrogens is 404 g/mol. The number of anilines is 3. The molecule has 3 N–H and O–H groups in total. The van der Waals surface area contributed by atoms with Crippen molar-refractivity contribution in [3.8, 4) is 17.2 Å². The molecule has 0 fully saturated rings. The summed E-state index contributed by atoms with van der Waals surface area (Å²) in [6.07, 6.45) is 2.61. The van der Waals surface area contributed by atoms with E-state index in [1.807, 2.05) is 12.1 Å². The first-order valence-electron chi connectivity index (χ1n) is 9.33. The lowest BCUT2D eigenvalue weighted by molar-refractivity contribution is 0.324. The molecule has 3 rings (SSSR count). The second-order valence-electron chi connectivity index (χ2n) is 6.21. The molecule has 0 spiro atoms. The van der Waals surface area contributed by atoms with Crippen LogP contribution in [0.4, 0.5) is 17.3 Å². The molecule has 158 valence electrons. The molecule has 0 saturated carbocycles. The molecule has 0 amide bonds. The van der Waals surface area contributed by atoms with E-state index in [9.17, 15) is 0 Å². The van der Waals surface area contributed by atoms with Crippen molar-refractivity contribution in [2.24, 2.45) is 0 Å². The Morgan fingerprint density at radius 1 is 1.00 bits per heavy atom. The van der Waals surface area contributed by atoms with Gasteiger partial charge in [-0.2, -0.15) is 0 Å². The number of hydrogen-bond acceptors (Lipinski definition) is 8. The highest BCUT2D eigenvalue weighted by molar-refractivity contribution is 7.80. The smallest absolute Gasteiger partial charge is 0.203 e. The minimum atomic E-state index is 0.482. The minimum absolute atomic E-state index is 0.482. The van der Waals surface area contributed by atoms with Crippen molar-refractivity contribution in [1.29, 1.82) is 0 Å². The Labute approximate surface area is 180 Å². The molecule has 0 aliphatic heterocycles. The van der Waals surface area contributed by atoms with Gasteiger partial charge >= 0.3 is 0 Å². The van der Waals surface area contributed by atoms with Crippen molar-refractivity contribution in [3.63, 3.8) is 0 Å². The van der Waals surface area contributed by atoms with Crippen LogP contribution in [0.2, 0.25) is 0 Å². The maximum atomic E-state index is 5.39. The zero-order valence-corrected chi connectivity index (χ0v) is 18.1. The van der Waals surface area contributed by atoms with E-state index in [4.69, 9.17) is 26.4 Å². The second-order valence-corrected chi connectivity index (χ2v) is 6.62. The lowest BCUT2D eigenvalue weighted by Crippen LogP contribution is -2.29. The van der Waals surface area contributed by atoms with Crippen LogP contribution in [-0.4, -0.2) is 47.9 Å². The number of pyridine rings is 1. The van der Waals surface area contributed by atoms with Crippen molar-refractivity contribution in [3.05, 3.63) is 30.5 Å². The van der Waals surface area contributed by atoms with Crippen LogP contribution in [0.1, 0.15) is 13.3 Å². The van der Waals surface area contributed by atoms with Crippen LogP contribution in [0.3, 0.4) is 0 Å². The topological polar surface area (TPSA) is 102 Å². The molecule has 0 radical (unpaired) electrons. The molecule has 0 saturated heterocycles. The molecular formula is C20H24N6O3S. The molecule has 0 unspecified atom stereocenters. The molecule has 1 aromatic carbocycles. The molecule has 0 aliphatic carbocycles. The highest BCUT2D eigenvalue weighted by Crippen LogP contribution is 2.40. The Morgan fingerprint density at radius 2 is 1.70 bits per heavy atom. The van der Waals surface area contributed by atoms with Crippen molar-refractivity contribution >= 4 is 45.8 Å². The number of nitrogens with zero attached hydrogens (tertiary/aromatic N) is 3. The Kier molecular flexibility index (Phi) is 7.02. The third kappa shape index (κ3) is 4.95. The van der Waals surface area contributed by atoms with Gasteiger partial charge in [0.1, 0.15) is 11.3 Å². The van der Waals surface area contributed by atoms with Gasteiger partial charge < -0.3 is 30.2 Å². The van der Waals surface area contributed by atoms with Gasteiger partial charge in [-0.15, -0.1) is 0 Å². The average Bonchev–Trinajstić information content (AvgIpc) is 2.76. The second kappa shape index (κ2) is 9.88. The number of ether oxygens (including phenoxy) is 3.